The third kappa shape index (κ3) is 5.46. The van der Waals surface area contributed by atoms with Gasteiger partial charge in [-0.1, -0.05) is 35.3 Å². The van der Waals surface area contributed by atoms with E-state index in [-0.39, 0.29) is 17.3 Å². The maximum Gasteiger partial charge on any atom is 0.243 e. The van der Waals surface area contributed by atoms with Gasteiger partial charge in [-0.25, -0.2) is 8.42 Å². The molecule has 0 aliphatic carbocycles. The fourth-order valence-electron chi connectivity index (χ4n) is 2.99. The highest BCUT2D eigenvalue weighted by Crippen LogP contribution is 2.19. The van der Waals surface area contributed by atoms with Crippen LogP contribution in [0.25, 0.3) is 0 Å². The van der Waals surface area contributed by atoms with Crippen LogP contribution in [0, 0.1) is 0 Å². The second-order valence-corrected chi connectivity index (χ2v) is 9.35. The number of rotatable bonds is 6. The summed E-state index contributed by atoms with van der Waals surface area (Å²) in [6.45, 7) is 2.31. The number of nitrogens with one attached hydrogen (secondary N) is 1. The van der Waals surface area contributed by atoms with Crippen molar-refractivity contribution < 1.29 is 13.2 Å². The predicted octanol–water partition coefficient (Wildman–Crippen LogP) is 2.62. The standard InChI is InChI=1S/C19H21Cl2N3O3S/c20-16-4-6-18(7-5-16)28(26,27)24-10-8-23(9-11-24)14-19(25)22-13-15-2-1-3-17(21)12-15/h1-7,12H,8-11,13-14H2,(H,22,25). The SMILES string of the molecule is O=C(CN1CCN(S(=O)(=O)c2ccc(Cl)cc2)CC1)NCc1cccc(Cl)c1. The van der Waals surface area contributed by atoms with Gasteiger partial charge in [-0.2, -0.15) is 4.31 Å². The average Bonchev–Trinajstić information content (AvgIpc) is 2.67. The molecule has 0 bridgehead atoms. The van der Waals surface area contributed by atoms with E-state index in [2.05, 4.69) is 5.32 Å². The number of sulfonamides is 1. The third-order valence-corrected chi connectivity index (χ3v) is 6.93. The Morgan fingerprint density at radius 1 is 0.964 bits per heavy atom. The van der Waals surface area contributed by atoms with Gasteiger partial charge in [0.2, 0.25) is 15.9 Å². The van der Waals surface area contributed by atoms with Crippen LogP contribution in [0.15, 0.2) is 53.4 Å². The molecule has 0 unspecified atom stereocenters. The van der Waals surface area contributed by atoms with Crippen LogP contribution >= 0.6 is 23.2 Å². The lowest BCUT2D eigenvalue weighted by atomic mass is 10.2. The van der Waals surface area contributed by atoms with E-state index in [1.165, 1.54) is 16.4 Å². The molecule has 9 heteroatoms. The number of amides is 1. The van der Waals surface area contributed by atoms with Gasteiger partial charge in [0.15, 0.2) is 0 Å². The first-order valence-electron chi connectivity index (χ1n) is 8.84. The van der Waals surface area contributed by atoms with Crippen LogP contribution in [0.4, 0.5) is 0 Å². The Labute approximate surface area is 175 Å². The highest BCUT2D eigenvalue weighted by Gasteiger charge is 2.28. The smallest absolute Gasteiger partial charge is 0.243 e. The Bertz CT molecular complexity index is 928. The zero-order chi connectivity index (χ0) is 20.1. The summed E-state index contributed by atoms with van der Waals surface area (Å²) in [5.41, 5.74) is 0.930. The van der Waals surface area contributed by atoms with Gasteiger partial charge in [-0.3, -0.25) is 9.69 Å². The van der Waals surface area contributed by atoms with E-state index in [4.69, 9.17) is 23.2 Å². The van der Waals surface area contributed by atoms with E-state index in [9.17, 15) is 13.2 Å². The molecule has 3 rings (SSSR count). The maximum atomic E-state index is 12.7. The monoisotopic (exact) mass is 441 g/mol. The Morgan fingerprint density at radius 3 is 2.29 bits per heavy atom. The normalized spacial score (nSPS) is 16.1. The summed E-state index contributed by atoms with van der Waals surface area (Å²) in [4.78, 5) is 14.3. The molecule has 1 fully saturated rings. The van der Waals surface area contributed by atoms with Gasteiger partial charge < -0.3 is 5.32 Å². The molecule has 0 saturated carbocycles. The minimum Gasteiger partial charge on any atom is -0.351 e. The Hall–Kier alpha value is -1.64. The molecule has 0 atom stereocenters. The van der Waals surface area contributed by atoms with Gasteiger partial charge >= 0.3 is 0 Å². The zero-order valence-electron chi connectivity index (χ0n) is 15.1. The number of nitrogens with zero attached hydrogens (tertiary/aromatic N) is 2. The number of carbonyl (C=O) groups is 1. The number of halogens is 2. The molecule has 1 aliphatic heterocycles. The first-order chi connectivity index (χ1) is 13.3. The van der Waals surface area contributed by atoms with E-state index in [1.807, 2.05) is 23.1 Å². The first kappa shape index (κ1) is 21.1. The molecule has 150 valence electrons. The third-order valence-electron chi connectivity index (χ3n) is 4.53. The van der Waals surface area contributed by atoms with Crippen molar-refractivity contribution in [2.75, 3.05) is 32.7 Å². The van der Waals surface area contributed by atoms with Gasteiger partial charge in [0.25, 0.3) is 0 Å². The average molecular weight is 442 g/mol. The predicted molar refractivity (Wildman–Crippen MR) is 110 cm³/mol. The quantitative estimate of drug-likeness (QED) is 0.747. The van der Waals surface area contributed by atoms with E-state index >= 15 is 0 Å². The van der Waals surface area contributed by atoms with E-state index < -0.39 is 10.0 Å². The summed E-state index contributed by atoms with van der Waals surface area (Å²) in [6, 6.07) is 13.5. The summed E-state index contributed by atoms with van der Waals surface area (Å²) >= 11 is 11.8. The van der Waals surface area contributed by atoms with Crippen LogP contribution in [0.1, 0.15) is 5.56 Å². The highest BCUT2D eigenvalue weighted by molar-refractivity contribution is 7.89. The maximum absolute atomic E-state index is 12.7. The van der Waals surface area contributed by atoms with Gasteiger partial charge in [0, 0.05) is 42.8 Å². The number of hydrogen-bond donors (Lipinski definition) is 1. The van der Waals surface area contributed by atoms with E-state index in [1.54, 1.807) is 18.2 Å². The number of carbonyl (C=O) groups excluding carboxylic acids is 1. The molecule has 1 heterocycles. The van der Waals surface area contributed by atoms with Crippen LogP contribution in [0.5, 0.6) is 0 Å². The molecule has 2 aromatic carbocycles. The van der Waals surface area contributed by atoms with Crippen LogP contribution in [0.2, 0.25) is 10.0 Å². The van der Waals surface area contributed by atoms with Crippen molar-refractivity contribution in [3.05, 3.63) is 64.1 Å². The van der Waals surface area contributed by atoms with E-state index in [0.29, 0.717) is 42.8 Å². The van der Waals surface area contributed by atoms with Crippen molar-refractivity contribution >= 4 is 39.1 Å². The first-order valence-corrected chi connectivity index (χ1v) is 11.0. The second kappa shape index (κ2) is 9.24. The molecule has 1 amide bonds. The molecule has 0 spiro atoms. The molecule has 1 aliphatic rings. The second-order valence-electron chi connectivity index (χ2n) is 6.54. The van der Waals surface area contributed by atoms with Crippen LogP contribution in [-0.4, -0.2) is 56.3 Å². The van der Waals surface area contributed by atoms with E-state index in [0.717, 1.165) is 5.56 Å². The van der Waals surface area contributed by atoms with Gasteiger partial charge in [0.1, 0.15) is 0 Å². The van der Waals surface area contributed by atoms with Crippen molar-refractivity contribution in [1.29, 1.82) is 0 Å². The lowest BCUT2D eigenvalue weighted by molar-refractivity contribution is -0.122. The van der Waals surface area contributed by atoms with Crippen molar-refractivity contribution in [1.82, 2.24) is 14.5 Å². The topological polar surface area (TPSA) is 69.7 Å². The molecular formula is C19H21Cl2N3O3S. The van der Waals surface area contributed by atoms with Crippen molar-refractivity contribution in [3.8, 4) is 0 Å². The lowest BCUT2D eigenvalue weighted by Crippen LogP contribution is -2.50. The Morgan fingerprint density at radius 2 is 1.64 bits per heavy atom. The highest BCUT2D eigenvalue weighted by atomic mass is 35.5. The summed E-state index contributed by atoms with van der Waals surface area (Å²) in [6.07, 6.45) is 0. The van der Waals surface area contributed by atoms with Crippen molar-refractivity contribution in [2.45, 2.75) is 11.4 Å². The van der Waals surface area contributed by atoms with Crippen LogP contribution in [0.3, 0.4) is 0 Å². The van der Waals surface area contributed by atoms with Crippen LogP contribution < -0.4 is 5.32 Å². The summed E-state index contributed by atoms with van der Waals surface area (Å²) in [5, 5.41) is 3.98. The summed E-state index contributed by atoms with van der Waals surface area (Å²) in [5.74, 6) is -0.103. The number of piperazine rings is 1. The number of benzene rings is 2. The fourth-order valence-corrected chi connectivity index (χ4v) is 4.75. The summed E-state index contributed by atoms with van der Waals surface area (Å²) in [7, 11) is -3.55. The molecular weight excluding hydrogens is 421 g/mol. The van der Waals surface area contributed by atoms with Crippen molar-refractivity contribution in [2.24, 2.45) is 0 Å². The minimum absolute atomic E-state index is 0.103. The molecule has 0 aromatic heterocycles. The van der Waals surface area contributed by atoms with Gasteiger partial charge in [-0.05, 0) is 42.0 Å². The van der Waals surface area contributed by atoms with Gasteiger partial charge in [0.05, 0.1) is 11.4 Å². The largest absolute Gasteiger partial charge is 0.351 e. The Balaban J connectivity index is 1.48. The van der Waals surface area contributed by atoms with Crippen LogP contribution in [-0.2, 0) is 21.4 Å². The zero-order valence-corrected chi connectivity index (χ0v) is 17.5. The molecule has 28 heavy (non-hydrogen) atoms. The lowest BCUT2D eigenvalue weighted by Gasteiger charge is -2.33. The van der Waals surface area contributed by atoms with Crippen molar-refractivity contribution in [3.63, 3.8) is 0 Å². The fraction of sp³-hybridized carbons (Fsp3) is 0.316. The summed E-state index contributed by atoms with van der Waals surface area (Å²) < 4.78 is 26.8. The molecule has 0 radical (unpaired) electrons. The minimum atomic E-state index is -3.55. The molecule has 6 nitrogen and oxygen atoms in total. The molecule has 1 N–H and O–H groups in total. The van der Waals surface area contributed by atoms with Gasteiger partial charge in [-0.15, -0.1) is 0 Å². The number of hydrogen-bond acceptors (Lipinski definition) is 4. The molecule has 1 saturated heterocycles. The molecule has 2 aromatic rings. The Kier molecular flexibility index (Phi) is 6.95.